The minimum absolute atomic E-state index is 0.125. The molecule has 2 rings (SSSR count). The Balaban J connectivity index is 2.53. The lowest BCUT2D eigenvalue weighted by molar-refractivity contribution is -0.138. The van der Waals surface area contributed by atoms with Crippen LogP contribution in [0.3, 0.4) is 0 Å². The van der Waals surface area contributed by atoms with E-state index in [1.54, 1.807) is 6.07 Å². The van der Waals surface area contributed by atoms with Crippen LogP contribution >= 0.6 is 0 Å². The zero-order valence-corrected chi connectivity index (χ0v) is 11.2. The highest BCUT2D eigenvalue weighted by molar-refractivity contribution is 5.64. The molecule has 5 heteroatoms. The van der Waals surface area contributed by atoms with Gasteiger partial charge < -0.3 is 10.6 Å². The summed E-state index contributed by atoms with van der Waals surface area (Å²) < 4.78 is 39.4. The molecule has 106 valence electrons. The molecule has 1 aliphatic heterocycles. The number of nitrogens with zero attached hydrogens (tertiary/aromatic N) is 1. The lowest BCUT2D eigenvalue weighted by atomic mass is 9.93. The van der Waals surface area contributed by atoms with Gasteiger partial charge in [0.05, 0.1) is 5.56 Å². The van der Waals surface area contributed by atoms with Gasteiger partial charge in [0.25, 0.3) is 0 Å². The van der Waals surface area contributed by atoms with Crippen LogP contribution in [0.5, 0.6) is 0 Å². The summed E-state index contributed by atoms with van der Waals surface area (Å²) in [6.07, 6.45) is -3.71. The summed E-state index contributed by atoms with van der Waals surface area (Å²) in [5, 5.41) is 0. The van der Waals surface area contributed by atoms with Crippen LogP contribution in [0.4, 0.5) is 18.9 Å². The van der Waals surface area contributed by atoms with Crippen LogP contribution < -0.4 is 10.6 Å². The van der Waals surface area contributed by atoms with Gasteiger partial charge in [-0.05, 0) is 44.5 Å². The van der Waals surface area contributed by atoms with E-state index in [1.165, 1.54) is 12.1 Å². The molecule has 0 saturated heterocycles. The number of nitrogens with two attached hydrogens (primary N) is 1. The first-order valence-electron chi connectivity index (χ1n) is 6.53. The van der Waals surface area contributed by atoms with Gasteiger partial charge in [-0.25, -0.2) is 0 Å². The fourth-order valence-electron chi connectivity index (χ4n) is 2.83. The second-order valence-electron chi connectivity index (χ2n) is 5.26. The van der Waals surface area contributed by atoms with Crippen molar-refractivity contribution in [2.75, 3.05) is 18.0 Å². The highest BCUT2D eigenvalue weighted by atomic mass is 19.4. The van der Waals surface area contributed by atoms with Crippen molar-refractivity contribution in [3.63, 3.8) is 0 Å². The lowest BCUT2D eigenvalue weighted by Gasteiger charge is -2.24. The Kier molecular flexibility index (Phi) is 3.76. The molecule has 1 heterocycles. The number of rotatable bonds is 3. The summed E-state index contributed by atoms with van der Waals surface area (Å²) in [6.45, 7) is 5.02. The molecule has 2 nitrogen and oxygen atoms in total. The summed E-state index contributed by atoms with van der Waals surface area (Å²) >= 11 is 0. The van der Waals surface area contributed by atoms with E-state index in [9.17, 15) is 13.2 Å². The third kappa shape index (κ3) is 2.56. The molecule has 0 aromatic heterocycles. The second kappa shape index (κ2) is 5.04. The van der Waals surface area contributed by atoms with Crippen LogP contribution in [0.1, 0.15) is 37.3 Å². The van der Waals surface area contributed by atoms with Crippen molar-refractivity contribution in [1.29, 1.82) is 0 Å². The normalized spacial score (nSPS) is 19.1. The molecule has 0 bridgehead atoms. The highest BCUT2D eigenvalue weighted by Gasteiger charge is 2.40. The average Bonchev–Trinajstić information content (AvgIpc) is 2.67. The van der Waals surface area contributed by atoms with E-state index in [0.717, 1.165) is 0 Å². The van der Waals surface area contributed by atoms with Gasteiger partial charge in [0.2, 0.25) is 0 Å². The predicted molar refractivity (Wildman–Crippen MR) is 70.3 cm³/mol. The maximum absolute atomic E-state index is 13.1. The van der Waals surface area contributed by atoms with Crippen molar-refractivity contribution in [2.45, 2.75) is 38.4 Å². The Morgan fingerprint density at radius 3 is 2.58 bits per heavy atom. The SMILES string of the molecule is CC(C)N1CC(CCN)c2c1cccc2C(F)(F)F. The molecule has 2 N–H and O–H groups in total. The number of hydrogen-bond acceptors (Lipinski definition) is 2. The number of benzene rings is 1. The largest absolute Gasteiger partial charge is 0.416 e. The summed E-state index contributed by atoms with van der Waals surface area (Å²) in [6, 6.07) is 4.62. The Morgan fingerprint density at radius 2 is 2.05 bits per heavy atom. The van der Waals surface area contributed by atoms with E-state index in [2.05, 4.69) is 0 Å². The molecule has 0 amide bonds. The first-order chi connectivity index (χ1) is 8.86. The standard InChI is InChI=1S/C14H19F3N2/c1-9(2)19-8-10(6-7-18)13-11(14(15,16)17)4-3-5-12(13)19/h3-5,9-10H,6-8,18H2,1-2H3. The summed E-state index contributed by atoms with van der Waals surface area (Å²) in [5.41, 5.74) is 6.18. The Labute approximate surface area is 111 Å². The number of alkyl halides is 3. The van der Waals surface area contributed by atoms with E-state index >= 15 is 0 Å². The Bertz CT molecular complexity index is 454. The van der Waals surface area contributed by atoms with Crippen LogP contribution in [0.2, 0.25) is 0 Å². The quantitative estimate of drug-likeness (QED) is 0.914. The lowest BCUT2D eigenvalue weighted by Crippen LogP contribution is -2.29. The third-order valence-corrected chi connectivity index (χ3v) is 3.66. The molecule has 1 atom stereocenters. The average molecular weight is 272 g/mol. The number of hydrogen-bond donors (Lipinski definition) is 1. The van der Waals surface area contributed by atoms with E-state index in [-0.39, 0.29) is 12.0 Å². The minimum atomic E-state index is -4.30. The third-order valence-electron chi connectivity index (χ3n) is 3.66. The van der Waals surface area contributed by atoms with Gasteiger partial charge >= 0.3 is 6.18 Å². The van der Waals surface area contributed by atoms with Gasteiger partial charge in [-0.1, -0.05) is 6.07 Å². The van der Waals surface area contributed by atoms with Crippen molar-refractivity contribution in [3.05, 3.63) is 29.3 Å². The van der Waals surface area contributed by atoms with Crippen molar-refractivity contribution in [1.82, 2.24) is 0 Å². The second-order valence-corrected chi connectivity index (χ2v) is 5.26. The molecule has 19 heavy (non-hydrogen) atoms. The topological polar surface area (TPSA) is 29.3 Å². The van der Waals surface area contributed by atoms with Gasteiger partial charge in [0, 0.05) is 24.2 Å². The molecule has 1 unspecified atom stereocenters. The monoisotopic (exact) mass is 272 g/mol. The van der Waals surface area contributed by atoms with E-state index in [0.29, 0.717) is 30.8 Å². The smallest absolute Gasteiger partial charge is 0.368 e. The Hall–Kier alpha value is -1.23. The summed E-state index contributed by atoms with van der Waals surface area (Å²) in [7, 11) is 0. The van der Waals surface area contributed by atoms with Crippen molar-refractivity contribution in [3.8, 4) is 0 Å². The number of anilines is 1. The zero-order chi connectivity index (χ0) is 14.2. The van der Waals surface area contributed by atoms with Gasteiger partial charge in [0.1, 0.15) is 0 Å². The molecule has 1 aromatic rings. The van der Waals surface area contributed by atoms with Crippen molar-refractivity contribution >= 4 is 5.69 Å². The van der Waals surface area contributed by atoms with Crippen LogP contribution in [0, 0.1) is 0 Å². The zero-order valence-electron chi connectivity index (χ0n) is 11.2. The van der Waals surface area contributed by atoms with Gasteiger partial charge in [-0.3, -0.25) is 0 Å². The minimum Gasteiger partial charge on any atom is -0.368 e. The maximum Gasteiger partial charge on any atom is 0.416 e. The molecule has 0 saturated carbocycles. The molecule has 0 aliphatic carbocycles. The number of halogens is 3. The number of fused-ring (bicyclic) bond motifs is 1. The summed E-state index contributed by atoms with van der Waals surface area (Å²) in [5.74, 6) is -0.125. The molecule has 1 aliphatic rings. The van der Waals surface area contributed by atoms with Crippen molar-refractivity contribution in [2.24, 2.45) is 5.73 Å². The molecule has 0 spiro atoms. The molecule has 1 aromatic carbocycles. The van der Waals surface area contributed by atoms with Crippen LogP contribution in [0.25, 0.3) is 0 Å². The van der Waals surface area contributed by atoms with Crippen LogP contribution in [-0.4, -0.2) is 19.1 Å². The van der Waals surface area contributed by atoms with Crippen LogP contribution in [0.15, 0.2) is 18.2 Å². The van der Waals surface area contributed by atoms with E-state index in [1.807, 2.05) is 18.7 Å². The van der Waals surface area contributed by atoms with Gasteiger partial charge in [-0.2, -0.15) is 13.2 Å². The first kappa shape index (κ1) is 14.2. The molecular formula is C14H19F3N2. The first-order valence-corrected chi connectivity index (χ1v) is 6.53. The molecule has 0 fully saturated rings. The van der Waals surface area contributed by atoms with Crippen LogP contribution in [-0.2, 0) is 6.18 Å². The maximum atomic E-state index is 13.1. The molecule has 0 radical (unpaired) electrons. The molecular weight excluding hydrogens is 253 g/mol. The van der Waals surface area contributed by atoms with Gasteiger partial charge in [0.15, 0.2) is 0 Å². The highest BCUT2D eigenvalue weighted by Crippen LogP contribution is 2.46. The van der Waals surface area contributed by atoms with E-state index < -0.39 is 11.7 Å². The van der Waals surface area contributed by atoms with E-state index in [4.69, 9.17) is 5.73 Å². The summed E-state index contributed by atoms with van der Waals surface area (Å²) in [4.78, 5) is 2.03. The fraction of sp³-hybridized carbons (Fsp3) is 0.571. The Morgan fingerprint density at radius 1 is 1.37 bits per heavy atom. The predicted octanol–water partition coefficient (Wildman–Crippen LogP) is 3.37. The van der Waals surface area contributed by atoms with Gasteiger partial charge in [-0.15, -0.1) is 0 Å². The fourth-order valence-corrected chi connectivity index (χ4v) is 2.83. The van der Waals surface area contributed by atoms with Crippen molar-refractivity contribution < 1.29 is 13.2 Å².